The molecule has 1 atom stereocenters. The minimum Gasteiger partial charge on any atom is -0.369 e. The first-order valence-electron chi connectivity index (χ1n) is 10.8. The lowest BCUT2D eigenvalue weighted by Gasteiger charge is -2.38. The zero-order valence-corrected chi connectivity index (χ0v) is 18.8. The first-order chi connectivity index (χ1) is 13.3. The fourth-order valence-corrected chi connectivity index (χ4v) is 4.66. The summed E-state index contributed by atoms with van der Waals surface area (Å²) in [6.07, 6.45) is 5.30. The average molecular weight is 408 g/mol. The van der Waals surface area contributed by atoms with Crippen LogP contribution in [0.5, 0.6) is 0 Å². The summed E-state index contributed by atoms with van der Waals surface area (Å²) in [7, 11) is 0. The first-order valence-corrected chi connectivity index (χ1v) is 11.2. The summed E-state index contributed by atoms with van der Waals surface area (Å²) in [6.45, 7) is 12.9. The second-order valence-corrected chi connectivity index (χ2v) is 9.22. The van der Waals surface area contributed by atoms with Gasteiger partial charge < -0.3 is 10.6 Å². The Morgan fingerprint density at radius 3 is 2.14 bits per heavy atom. The minimum atomic E-state index is -0.663. The molecule has 1 aliphatic rings. The van der Waals surface area contributed by atoms with Gasteiger partial charge in [-0.05, 0) is 90.7 Å². The number of carbonyl (C=O) groups is 1. The SMILES string of the molecule is CC(C)N(CCC(CCN1CCCCC1)(C(N)=O)c1ccc(Cl)cc1)C(C)C. The molecule has 0 spiro atoms. The van der Waals surface area contributed by atoms with Crippen molar-refractivity contribution in [2.75, 3.05) is 26.2 Å². The van der Waals surface area contributed by atoms with Crippen molar-refractivity contribution in [3.8, 4) is 0 Å². The topological polar surface area (TPSA) is 49.6 Å². The Morgan fingerprint density at radius 1 is 1.07 bits per heavy atom. The van der Waals surface area contributed by atoms with Crippen molar-refractivity contribution in [2.24, 2.45) is 5.73 Å². The molecule has 1 fully saturated rings. The van der Waals surface area contributed by atoms with Crippen LogP contribution < -0.4 is 5.73 Å². The molecule has 2 N–H and O–H groups in total. The number of hydrogen-bond donors (Lipinski definition) is 1. The molecule has 1 aromatic carbocycles. The summed E-state index contributed by atoms with van der Waals surface area (Å²) in [5.41, 5.74) is 6.42. The first kappa shape index (κ1) is 23.2. The maximum Gasteiger partial charge on any atom is 0.228 e. The highest BCUT2D eigenvalue weighted by Crippen LogP contribution is 2.34. The van der Waals surface area contributed by atoms with Crippen LogP contribution in [-0.2, 0) is 10.2 Å². The van der Waals surface area contributed by atoms with E-state index in [1.807, 2.05) is 24.3 Å². The highest BCUT2D eigenvalue weighted by molar-refractivity contribution is 6.30. The normalized spacial score (nSPS) is 18.0. The predicted octanol–water partition coefficient (Wildman–Crippen LogP) is 4.45. The fourth-order valence-electron chi connectivity index (χ4n) is 4.54. The third kappa shape index (κ3) is 5.95. The molecule has 1 heterocycles. The molecule has 158 valence electrons. The van der Waals surface area contributed by atoms with Gasteiger partial charge in [0.25, 0.3) is 0 Å². The van der Waals surface area contributed by atoms with Crippen molar-refractivity contribution >= 4 is 17.5 Å². The van der Waals surface area contributed by atoms with E-state index in [2.05, 4.69) is 37.5 Å². The average Bonchev–Trinajstić information content (AvgIpc) is 2.65. The fraction of sp³-hybridized carbons (Fsp3) is 0.696. The zero-order chi connectivity index (χ0) is 20.7. The summed E-state index contributed by atoms with van der Waals surface area (Å²) in [5.74, 6) is -0.223. The molecule has 1 saturated heterocycles. The molecular weight excluding hydrogens is 370 g/mol. The molecule has 0 saturated carbocycles. The van der Waals surface area contributed by atoms with Crippen LogP contribution in [0.15, 0.2) is 24.3 Å². The van der Waals surface area contributed by atoms with E-state index >= 15 is 0 Å². The van der Waals surface area contributed by atoms with Gasteiger partial charge in [-0.1, -0.05) is 30.2 Å². The number of carbonyl (C=O) groups excluding carboxylic acids is 1. The van der Waals surface area contributed by atoms with Gasteiger partial charge in [-0.25, -0.2) is 0 Å². The van der Waals surface area contributed by atoms with Gasteiger partial charge in [0.2, 0.25) is 5.91 Å². The van der Waals surface area contributed by atoms with E-state index in [0.29, 0.717) is 17.1 Å². The smallest absolute Gasteiger partial charge is 0.228 e. The quantitative estimate of drug-likeness (QED) is 0.623. The molecule has 0 aliphatic carbocycles. The van der Waals surface area contributed by atoms with Crippen molar-refractivity contribution in [3.63, 3.8) is 0 Å². The molecular formula is C23H38ClN3O. The van der Waals surface area contributed by atoms with Crippen LogP contribution in [0.4, 0.5) is 0 Å². The third-order valence-corrected chi connectivity index (χ3v) is 6.55. The number of nitrogens with two attached hydrogens (primary N) is 1. The largest absolute Gasteiger partial charge is 0.369 e. The van der Waals surface area contributed by atoms with Crippen molar-refractivity contribution in [3.05, 3.63) is 34.9 Å². The molecule has 2 rings (SSSR count). The number of likely N-dealkylation sites (tertiary alicyclic amines) is 1. The van der Waals surface area contributed by atoms with Crippen LogP contribution in [0.2, 0.25) is 5.02 Å². The maximum atomic E-state index is 12.9. The number of rotatable bonds is 10. The molecule has 5 heteroatoms. The Hall–Kier alpha value is -1.10. The van der Waals surface area contributed by atoms with Crippen LogP contribution >= 0.6 is 11.6 Å². The Balaban J connectivity index is 2.27. The number of nitrogens with zero attached hydrogens (tertiary/aromatic N) is 2. The molecule has 0 radical (unpaired) electrons. The van der Waals surface area contributed by atoms with Gasteiger partial charge in [0, 0.05) is 23.7 Å². The lowest BCUT2D eigenvalue weighted by molar-refractivity contribution is -0.124. The van der Waals surface area contributed by atoms with Gasteiger partial charge in [0.1, 0.15) is 0 Å². The standard InChI is InChI=1S/C23H38ClN3O/c1-18(2)27(19(3)4)17-13-23(22(25)28,20-8-10-21(24)11-9-20)12-16-26-14-6-5-7-15-26/h8-11,18-19H,5-7,12-17H2,1-4H3,(H2,25,28). The molecule has 0 bridgehead atoms. The van der Waals surface area contributed by atoms with E-state index in [0.717, 1.165) is 44.6 Å². The van der Waals surface area contributed by atoms with Gasteiger partial charge in [0.05, 0.1) is 5.41 Å². The van der Waals surface area contributed by atoms with Crippen molar-refractivity contribution in [1.82, 2.24) is 9.80 Å². The summed E-state index contributed by atoms with van der Waals surface area (Å²) in [4.78, 5) is 17.8. The lowest BCUT2D eigenvalue weighted by Crippen LogP contribution is -2.48. The third-order valence-electron chi connectivity index (χ3n) is 6.30. The molecule has 28 heavy (non-hydrogen) atoms. The zero-order valence-electron chi connectivity index (χ0n) is 18.1. The second kappa shape index (κ2) is 10.6. The lowest BCUT2D eigenvalue weighted by atomic mass is 9.73. The Labute approximate surface area is 176 Å². The van der Waals surface area contributed by atoms with Crippen LogP contribution in [0.1, 0.15) is 65.4 Å². The van der Waals surface area contributed by atoms with Crippen LogP contribution in [-0.4, -0.2) is 54.0 Å². The molecule has 4 nitrogen and oxygen atoms in total. The number of halogens is 1. The van der Waals surface area contributed by atoms with E-state index in [1.54, 1.807) is 0 Å². The molecule has 1 aliphatic heterocycles. The predicted molar refractivity (Wildman–Crippen MR) is 119 cm³/mol. The summed E-state index contributed by atoms with van der Waals surface area (Å²) in [6, 6.07) is 8.57. The summed E-state index contributed by atoms with van der Waals surface area (Å²) in [5, 5.41) is 0.684. The highest BCUT2D eigenvalue weighted by atomic mass is 35.5. The number of hydrogen-bond acceptors (Lipinski definition) is 3. The molecule has 1 amide bonds. The minimum absolute atomic E-state index is 0.223. The summed E-state index contributed by atoms with van der Waals surface area (Å²) >= 11 is 6.12. The molecule has 1 aromatic rings. The van der Waals surface area contributed by atoms with Gasteiger partial charge >= 0.3 is 0 Å². The highest BCUT2D eigenvalue weighted by Gasteiger charge is 2.39. The van der Waals surface area contributed by atoms with E-state index in [-0.39, 0.29) is 5.91 Å². The van der Waals surface area contributed by atoms with Gasteiger partial charge in [0.15, 0.2) is 0 Å². The van der Waals surface area contributed by atoms with Crippen molar-refractivity contribution in [1.29, 1.82) is 0 Å². The van der Waals surface area contributed by atoms with Crippen molar-refractivity contribution in [2.45, 2.75) is 77.3 Å². The van der Waals surface area contributed by atoms with E-state index in [4.69, 9.17) is 17.3 Å². The van der Waals surface area contributed by atoms with Crippen molar-refractivity contribution < 1.29 is 4.79 Å². The molecule has 0 aromatic heterocycles. The van der Waals surface area contributed by atoms with Crippen LogP contribution in [0, 0.1) is 0 Å². The van der Waals surface area contributed by atoms with Crippen LogP contribution in [0.3, 0.4) is 0 Å². The number of primary amides is 1. The number of amides is 1. The van der Waals surface area contributed by atoms with Gasteiger partial charge in [-0.15, -0.1) is 0 Å². The van der Waals surface area contributed by atoms with Gasteiger partial charge in [-0.3, -0.25) is 9.69 Å². The van der Waals surface area contributed by atoms with E-state index in [9.17, 15) is 4.79 Å². The van der Waals surface area contributed by atoms with E-state index in [1.165, 1.54) is 19.3 Å². The molecule has 1 unspecified atom stereocenters. The summed E-state index contributed by atoms with van der Waals surface area (Å²) < 4.78 is 0. The number of piperidine rings is 1. The monoisotopic (exact) mass is 407 g/mol. The van der Waals surface area contributed by atoms with Crippen LogP contribution in [0.25, 0.3) is 0 Å². The van der Waals surface area contributed by atoms with E-state index < -0.39 is 5.41 Å². The van der Waals surface area contributed by atoms with Gasteiger partial charge in [-0.2, -0.15) is 0 Å². The number of benzene rings is 1. The second-order valence-electron chi connectivity index (χ2n) is 8.78. The Morgan fingerprint density at radius 2 is 1.64 bits per heavy atom. The Bertz CT molecular complexity index is 603. The Kier molecular flexibility index (Phi) is 8.79. The maximum absolute atomic E-state index is 12.9.